The third kappa shape index (κ3) is 6.30. The summed E-state index contributed by atoms with van der Waals surface area (Å²) >= 11 is 0. The fourth-order valence-corrected chi connectivity index (χ4v) is 2.42. The summed E-state index contributed by atoms with van der Waals surface area (Å²) in [6, 6.07) is 5.20. The maximum absolute atomic E-state index is 13.5. The van der Waals surface area contributed by atoms with E-state index in [-0.39, 0.29) is 35.1 Å². The summed E-state index contributed by atoms with van der Waals surface area (Å²) in [5.41, 5.74) is -0.446. The minimum absolute atomic E-state index is 0.0125. The van der Waals surface area contributed by atoms with Crippen LogP contribution in [0.2, 0.25) is 0 Å². The second-order valence-corrected chi connectivity index (χ2v) is 6.65. The highest BCUT2D eigenvalue weighted by molar-refractivity contribution is 5.92. The van der Waals surface area contributed by atoms with E-state index in [0.717, 1.165) is 30.3 Å². The number of halogens is 5. The van der Waals surface area contributed by atoms with Crippen molar-refractivity contribution in [3.63, 3.8) is 0 Å². The summed E-state index contributed by atoms with van der Waals surface area (Å²) in [7, 11) is 0. The number of alkyl halides is 3. The van der Waals surface area contributed by atoms with Crippen LogP contribution in [0, 0.1) is 18.6 Å². The van der Waals surface area contributed by atoms with E-state index in [2.05, 4.69) is 5.32 Å². The molecule has 2 rings (SSSR count). The molecule has 0 saturated heterocycles. The minimum atomic E-state index is -4.52. The van der Waals surface area contributed by atoms with Gasteiger partial charge in [0, 0.05) is 23.7 Å². The second kappa shape index (κ2) is 9.07. The standard InChI is InChI=1S/C21H20F5NO2/c1-12(2)29-19-10-16(21(24,25)26)6-4-15(19)5-7-20(28)27-11-14-8-17(22)13(3)18(23)9-14/h4-10,12H,11H2,1-3H3,(H,27,28)/b7-5+. The number of amides is 1. The molecule has 0 aliphatic heterocycles. The molecule has 156 valence electrons. The Morgan fingerprint density at radius 3 is 2.31 bits per heavy atom. The number of hydrogen-bond acceptors (Lipinski definition) is 2. The number of carbonyl (C=O) groups is 1. The molecule has 8 heteroatoms. The average molecular weight is 413 g/mol. The first-order valence-corrected chi connectivity index (χ1v) is 8.75. The summed E-state index contributed by atoms with van der Waals surface area (Å²) in [4.78, 5) is 12.0. The van der Waals surface area contributed by atoms with Crippen LogP contribution in [-0.4, -0.2) is 12.0 Å². The number of carbonyl (C=O) groups excluding carboxylic acids is 1. The molecule has 1 N–H and O–H groups in total. The molecule has 0 spiro atoms. The number of rotatable bonds is 6. The van der Waals surface area contributed by atoms with Gasteiger partial charge in [0.15, 0.2) is 0 Å². The van der Waals surface area contributed by atoms with Crippen molar-refractivity contribution in [1.29, 1.82) is 0 Å². The predicted octanol–water partition coefficient (Wildman–Crippen LogP) is 5.41. The van der Waals surface area contributed by atoms with Gasteiger partial charge in [0.2, 0.25) is 5.91 Å². The molecule has 0 aliphatic rings. The zero-order chi connectivity index (χ0) is 21.8. The van der Waals surface area contributed by atoms with Gasteiger partial charge in [0.1, 0.15) is 17.4 Å². The SMILES string of the molecule is Cc1c(F)cc(CNC(=O)/C=C/c2ccc(C(F)(F)F)cc2OC(C)C)cc1F. The monoisotopic (exact) mass is 413 g/mol. The smallest absolute Gasteiger partial charge is 0.416 e. The van der Waals surface area contributed by atoms with Crippen LogP contribution >= 0.6 is 0 Å². The van der Waals surface area contributed by atoms with E-state index >= 15 is 0 Å². The first-order valence-electron chi connectivity index (χ1n) is 8.75. The Morgan fingerprint density at radius 1 is 1.14 bits per heavy atom. The van der Waals surface area contributed by atoms with Gasteiger partial charge in [-0.15, -0.1) is 0 Å². The molecule has 3 nitrogen and oxygen atoms in total. The maximum atomic E-state index is 13.5. The summed E-state index contributed by atoms with van der Waals surface area (Å²) < 4.78 is 71.2. The third-order valence-electron chi connectivity index (χ3n) is 3.93. The van der Waals surface area contributed by atoms with E-state index in [4.69, 9.17) is 4.74 Å². The largest absolute Gasteiger partial charge is 0.490 e. The van der Waals surface area contributed by atoms with Crippen molar-refractivity contribution in [1.82, 2.24) is 5.32 Å². The van der Waals surface area contributed by atoms with E-state index in [9.17, 15) is 26.7 Å². The highest BCUT2D eigenvalue weighted by atomic mass is 19.4. The second-order valence-electron chi connectivity index (χ2n) is 6.65. The summed E-state index contributed by atoms with van der Waals surface area (Å²) in [5.74, 6) is -2.03. The van der Waals surface area contributed by atoms with Gasteiger partial charge in [-0.3, -0.25) is 4.79 Å². The normalized spacial score (nSPS) is 11.9. The Hall–Kier alpha value is -2.90. The molecule has 0 aliphatic carbocycles. The van der Waals surface area contributed by atoms with Crippen LogP contribution in [0.4, 0.5) is 22.0 Å². The third-order valence-corrected chi connectivity index (χ3v) is 3.93. The summed E-state index contributed by atoms with van der Waals surface area (Å²) in [6.07, 6.45) is -2.47. The van der Waals surface area contributed by atoms with E-state index in [1.165, 1.54) is 19.1 Å². The van der Waals surface area contributed by atoms with Crippen LogP contribution in [-0.2, 0) is 17.5 Å². The van der Waals surface area contributed by atoms with Crippen LogP contribution < -0.4 is 10.1 Å². The molecule has 0 atom stereocenters. The topological polar surface area (TPSA) is 38.3 Å². The molecule has 2 aromatic carbocycles. The fraction of sp³-hybridized carbons (Fsp3) is 0.286. The van der Waals surface area contributed by atoms with Crippen molar-refractivity contribution in [2.75, 3.05) is 0 Å². The van der Waals surface area contributed by atoms with Crippen LogP contribution in [0.1, 0.15) is 36.1 Å². The fourth-order valence-electron chi connectivity index (χ4n) is 2.42. The zero-order valence-corrected chi connectivity index (χ0v) is 16.0. The van der Waals surface area contributed by atoms with Crippen molar-refractivity contribution in [3.8, 4) is 5.75 Å². The molecule has 0 aromatic heterocycles. The first kappa shape index (κ1) is 22.4. The van der Waals surface area contributed by atoms with E-state index < -0.39 is 29.3 Å². The molecular formula is C21H20F5NO2. The van der Waals surface area contributed by atoms with Crippen molar-refractivity contribution < 1.29 is 31.5 Å². The highest BCUT2D eigenvalue weighted by Crippen LogP contribution is 2.34. The zero-order valence-electron chi connectivity index (χ0n) is 16.0. The quantitative estimate of drug-likeness (QED) is 0.508. The molecule has 0 radical (unpaired) electrons. The molecule has 0 heterocycles. The lowest BCUT2D eigenvalue weighted by atomic mass is 10.1. The number of ether oxygens (including phenoxy) is 1. The van der Waals surface area contributed by atoms with Crippen molar-refractivity contribution in [3.05, 3.63) is 70.3 Å². The Balaban J connectivity index is 2.12. The van der Waals surface area contributed by atoms with Gasteiger partial charge >= 0.3 is 6.18 Å². The summed E-state index contributed by atoms with van der Waals surface area (Å²) in [6.45, 7) is 4.52. The van der Waals surface area contributed by atoms with E-state index in [0.29, 0.717) is 0 Å². The average Bonchev–Trinajstić information content (AvgIpc) is 2.61. The van der Waals surface area contributed by atoms with Crippen LogP contribution in [0.25, 0.3) is 6.08 Å². The van der Waals surface area contributed by atoms with Gasteiger partial charge in [-0.25, -0.2) is 8.78 Å². The molecule has 0 saturated carbocycles. The number of benzene rings is 2. The lowest BCUT2D eigenvalue weighted by molar-refractivity contribution is -0.137. The van der Waals surface area contributed by atoms with Gasteiger partial charge in [0.25, 0.3) is 0 Å². The first-order chi connectivity index (χ1) is 13.5. The number of hydrogen-bond donors (Lipinski definition) is 1. The molecule has 0 fully saturated rings. The Bertz CT molecular complexity index is 897. The van der Waals surface area contributed by atoms with Gasteiger partial charge in [-0.05, 0) is 56.7 Å². The van der Waals surface area contributed by atoms with Crippen molar-refractivity contribution in [2.45, 2.75) is 39.6 Å². The van der Waals surface area contributed by atoms with Crippen LogP contribution in [0.5, 0.6) is 5.75 Å². The summed E-state index contributed by atoms with van der Waals surface area (Å²) in [5, 5.41) is 2.46. The van der Waals surface area contributed by atoms with E-state index in [1.54, 1.807) is 13.8 Å². The molecular weight excluding hydrogens is 393 g/mol. The molecule has 2 aromatic rings. The molecule has 29 heavy (non-hydrogen) atoms. The molecule has 1 amide bonds. The molecule has 0 unspecified atom stereocenters. The van der Waals surface area contributed by atoms with Gasteiger partial charge in [-0.2, -0.15) is 13.2 Å². The van der Waals surface area contributed by atoms with Crippen molar-refractivity contribution in [2.24, 2.45) is 0 Å². The van der Waals surface area contributed by atoms with Gasteiger partial charge < -0.3 is 10.1 Å². The Kier molecular flexibility index (Phi) is 7.00. The minimum Gasteiger partial charge on any atom is -0.490 e. The lowest BCUT2D eigenvalue weighted by Gasteiger charge is -2.15. The highest BCUT2D eigenvalue weighted by Gasteiger charge is 2.31. The lowest BCUT2D eigenvalue weighted by Crippen LogP contribution is -2.20. The van der Waals surface area contributed by atoms with Gasteiger partial charge in [-0.1, -0.05) is 6.07 Å². The predicted molar refractivity (Wildman–Crippen MR) is 99.2 cm³/mol. The van der Waals surface area contributed by atoms with Crippen LogP contribution in [0.15, 0.2) is 36.4 Å². The molecule has 0 bridgehead atoms. The Labute approximate surface area is 165 Å². The van der Waals surface area contributed by atoms with E-state index in [1.807, 2.05) is 0 Å². The van der Waals surface area contributed by atoms with Gasteiger partial charge in [0.05, 0.1) is 11.7 Å². The Morgan fingerprint density at radius 2 is 1.76 bits per heavy atom. The van der Waals surface area contributed by atoms with Crippen molar-refractivity contribution >= 4 is 12.0 Å². The van der Waals surface area contributed by atoms with Crippen LogP contribution in [0.3, 0.4) is 0 Å². The number of nitrogens with one attached hydrogen (secondary N) is 1. The maximum Gasteiger partial charge on any atom is 0.416 e.